The lowest BCUT2D eigenvalue weighted by Crippen LogP contribution is -2.32. The molecule has 0 bridgehead atoms. The number of halogens is 1. The summed E-state index contributed by atoms with van der Waals surface area (Å²) in [6, 6.07) is 2.06. The molecule has 1 rings (SSSR count). The van der Waals surface area contributed by atoms with E-state index in [0.29, 0.717) is 12.3 Å². The molecule has 0 aliphatic carbocycles. The van der Waals surface area contributed by atoms with Gasteiger partial charge in [-0.05, 0) is 40.4 Å². The van der Waals surface area contributed by atoms with Gasteiger partial charge in [0.15, 0.2) is 0 Å². The zero-order valence-electron chi connectivity index (χ0n) is 11.2. The van der Waals surface area contributed by atoms with Gasteiger partial charge in [0.25, 0.3) is 0 Å². The Balaban J connectivity index is 2.89. The number of aromatic nitrogens is 1. The van der Waals surface area contributed by atoms with Crippen LogP contribution in [0.5, 0.6) is 0 Å². The van der Waals surface area contributed by atoms with Crippen molar-refractivity contribution in [2.45, 2.75) is 27.2 Å². The third-order valence-electron chi connectivity index (χ3n) is 2.55. The lowest BCUT2D eigenvalue weighted by Gasteiger charge is -2.27. The summed E-state index contributed by atoms with van der Waals surface area (Å²) in [5.74, 6) is 1.74. The lowest BCUT2D eigenvalue weighted by atomic mass is 10.1. The maximum Gasteiger partial charge on any atom is 0.131 e. The van der Waals surface area contributed by atoms with Crippen molar-refractivity contribution in [3.8, 4) is 0 Å². The average Bonchev–Trinajstić information content (AvgIpc) is 2.24. The Morgan fingerprint density at radius 1 is 1.56 bits per heavy atom. The number of hydrogen-bond acceptors (Lipinski definition) is 3. The van der Waals surface area contributed by atoms with Gasteiger partial charge in [0.2, 0.25) is 0 Å². The van der Waals surface area contributed by atoms with E-state index in [2.05, 4.69) is 45.7 Å². The van der Waals surface area contributed by atoms with Crippen LogP contribution >= 0.6 is 15.9 Å². The SMILES string of the molecule is Cc1cc(Br)cnc1N(CCC(=N)N)CC(C)C. The number of pyridine rings is 1. The summed E-state index contributed by atoms with van der Waals surface area (Å²) in [5, 5.41) is 7.34. The zero-order chi connectivity index (χ0) is 13.7. The molecule has 0 saturated heterocycles. The summed E-state index contributed by atoms with van der Waals surface area (Å²) < 4.78 is 0.986. The van der Waals surface area contributed by atoms with E-state index in [9.17, 15) is 0 Å². The fourth-order valence-electron chi connectivity index (χ4n) is 1.84. The molecule has 0 aliphatic rings. The third-order valence-corrected chi connectivity index (χ3v) is 2.99. The molecule has 0 amide bonds. The number of nitrogens with zero attached hydrogens (tertiary/aromatic N) is 2. The van der Waals surface area contributed by atoms with Crippen LogP contribution in [0.1, 0.15) is 25.8 Å². The van der Waals surface area contributed by atoms with E-state index >= 15 is 0 Å². The molecule has 0 unspecified atom stereocenters. The molecule has 5 heteroatoms. The number of amidine groups is 1. The van der Waals surface area contributed by atoms with Crippen LogP contribution in [0.25, 0.3) is 0 Å². The summed E-state index contributed by atoms with van der Waals surface area (Å²) in [4.78, 5) is 6.68. The maximum absolute atomic E-state index is 7.34. The topological polar surface area (TPSA) is 66.0 Å². The van der Waals surface area contributed by atoms with Crippen LogP contribution in [0.15, 0.2) is 16.7 Å². The van der Waals surface area contributed by atoms with Crippen molar-refractivity contribution in [3.05, 3.63) is 22.3 Å². The molecule has 18 heavy (non-hydrogen) atoms. The van der Waals surface area contributed by atoms with E-state index in [1.54, 1.807) is 0 Å². The van der Waals surface area contributed by atoms with Gasteiger partial charge in [-0.1, -0.05) is 13.8 Å². The Hall–Kier alpha value is -1.10. The number of nitrogens with one attached hydrogen (secondary N) is 1. The molecule has 3 N–H and O–H groups in total. The standard InChI is InChI=1S/C13H21BrN4/c1-9(2)8-18(5-4-12(15)16)13-10(3)6-11(14)7-17-13/h6-7,9H,4-5,8H2,1-3H3,(H3,15,16). The van der Waals surface area contributed by atoms with Crippen LogP contribution in [0, 0.1) is 18.3 Å². The van der Waals surface area contributed by atoms with Crippen molar-refractivity contribution in [2.75, 3.05) is 18.0 Å². The number of anilines is 1. The van der Waals surface area contributed by atoms with Crippen LogP contribution in [-0.4, -0.2) is 23.9 Å². The van der Waals surface area contributed by atoms with E-state index in [1.165, 1.54) is 0 Å². The summed E-state index contributed by atoms with van der Waals surface area (Å²) in [7, 11) is 0. The molecule has 0 fully saturated rings. The first kappa shape index (κ1) is 15.0. The van der Waals surface area contributed by atoms with E-state index in [-0.39, 0.29) is 5.84 Å². The monoisotopic (exact) mass is 312 g/mol. The molecule has 0 aromatic carbocycles. The number of hydrogen-bond donors (Lipinski definition) is 2. The van der Waals surface area contributed by atoms with Crippen molar-refractivity contribution in [2.24, 2.45) is 11.7 Å². The molecule has 1 heterocycles. The first-order chi connectivity index (χ1) is 8.40. The highest BCUT2D eigenvalue weighted by molar-refractivity contribution is 9.10. The second-order valence-corrected chi connectivity index (χ2v) is 5.82. The van der Waals surface area contributed by atoms with Crippen molar-refractivity contribution in [1.82, 2.24) is 4.98 Å². The normalized spacial score (nSPS) is 10.7. The minimum absolute atomic E-state index is 0.221. The van der Waals surface area contributed by atoms with Crippen LogP contribution in [0.3, 0.4) is 0 Å². The van der Waals surface area contributed by atoms with Crippen LogP contribution in [0.4, 0.5) is 5.82 Å². The Morgan fingerprint density at radius 2 is 2.22 bits per heavy atom. The number of aryl methyl sites for hydroxylation is 1. The van der Waals surface area contributed by atoms with Gasteiger partial charge in [0, 0.05) is 30.2 Å². The number of rotatable bonds is 6. The van der Waals surface area contributed by atoms with Gasteiger partial charge in [-0.15, -0.1) is 0 Å². The molecule has 0 aliphatic heterocycles. The smallest absolute Gasteiger partial charge is 0.131 e. The number of nitrogens with two attached hydrogens (primary N) is 1. The van der Waals surface area contributed by atoms with E-state index < -0.39 is 0 Å². The second-order valence-electron chi connectivity index (χ2n) is 4.91. The Bertz CT molecular complexity index is 417. The van der Waals surface area contributed by atoms with Crippen LogP contribution in [0.2, 0.25) is 0 Å². The largest absolute Gasteiger partial charge is 0.388 e. The first-order valence-corrected chi connectivity index (χ1v) is 6.89. The summed E-state index contributed by atoms with van der Waals surface area (Å²) in [5.41, 5.74) is 6.57. The van der Waals surface area contributed by atoms with Gasteiger partial charge in [0.05, 0.1) is 5.84 Å². The van der Waals surface area contributed by atoms with Crippen molar-refractivity contribution in [3.63, 3.8) is 0 Å². The zero-order valence-corrected chi connectivity index (χ0v) is 12.8. The molecular formula is C13H21BrN4. The minimum Gasteiger partial charge on any atom is -0.388 e. The van der Waals surface area contributed by atoms with Gasteiger partial charge in [-0.25, -0.2) is 4.98 Å². The van der Waals surface area contributed by atoms with Gasteiger partial charge < -0.3 is 10.6 Å². The summed E-state index contributed by atoms with van der Waals surface area (Å²) in [6.45, 7) is 8.06. The van der Waals surface area contributed by atoms with Gasteiger partial charge in [-0.2, -0.15) is 0 Å². The van der Waals surface area contributed by atoms with Crippen molar-refractivity contribution < 1.29 is 0 Å². The van der Waals surface area contributed by atoms with Crippen LogP contribution < -0.4 is 10.6 Å². The molecule has 100 valence electrons. The Kier molecular flexibility index (Phi) is 5.59. The quantitative estimate of drug-likeness (QED) is 0.627. The summed E-state index contributed by atoms with van der Waals surface area (Å²) >= 11 is 3.42. The van der Waals surface area contributed by atoms with Crippen molar-refractivity contribution >= 4 is 27.6 Å². The second kappa shape index (κ2) is 6.73. The molecule has 0 spiro atoms. The van der Waals surface area contributed by atoms with Gasteiger partial charge in [-0.3, -0.25) is 5.41 Å². The fourth-order valence-corrected chi connectivity index (χ4v) is 2.29. The van der Waals surface area contributed by atoms with E-state index in [0.717, 1.165) is 28.9 Å². The minimum atomic E-state index is 0.221. The molecule has 1 aromatic heterocycles. The van der Waals surface area contributed by atoms with Crippen LogP contribution in [-0.2, 0) is 0 Å². The molecule has 1 aromatic rings. The Morgan fingerprint density at radius 3 is 2.72 bits per heavy atom. The molecule has 0 atom stereocenters. The fraction of sp³-hybridized carbons (Fsp3) is 0.538. The lowest BCUT2D eigenvalue weighted by molar-refractivity contribution is 0.607. The molecule has 0 radical (unpaired) electrons. The first-order valence-electron chi connectivity index (χ1n) is 6.10. The van der Waals surface area contributed by atoms with Gasteiger partial charge >= 0.3 is 0 Å². The van der Waals surface area contributed by atoms with Gasteiger partial charge in [0.1, 0.15) is 5.82 Å². The highest BCUT2D eigenvalue weighted by Crippen LogP contribution is 2.21. The van der Waals surface area contributed by atoms with E-state index in [1.807, 2.05) is 13.1 Å². The molecule has 0 saturated carbocycles. The maximum atomic E-state index is 7.34. The predicted octanol–water partition coefficient (Wildman–Crippen LogP) is 2.94. The van der Waals surface area contributed by atoms with Crippen molar-refractivity contribution in [1.29, 1.82) is 5.41 Å². The predicted molar refractivity (Wildman–Crippen MR) is 80.3 cm³/mol. The average molecular weight is 313 g/mol. The molecular weight excluding hydrogens is 292 g/mol. The highest BCUT2D eigenvalue weighted by Gasteiger charge is 2.13. The molecule has 4 nitrogen and oxygen atoms in total. The third kappa shape index (κ3) is 4.64. The Labute approximate surface area is 117 Å². The highest BCUT2D eigenvalue weighted by atomic mass is 79.9. The van der Waals surface area contributed by atoms with E-state index in [4.69, 9.17) is 11.1 Å². The summed E-state index contributed by atoms with van der Waals surface area (Å²) in [6.07, 6.45) is 2.38.